The van der Waals surface area contributed by atoms with E-state index in [0.29, 0.717) is 0 Å². The van der Waals surface area contributed by atoms with E-state index in [1.165, 1.54) is 44.1 Å². The fourth-order valence-corrected chi connectivity index (χ4v) is 2.97. The van der Waals surface area contributed by atoms with Gasteiger partial charge in [-0.3, -0.25) is 4.90 Å². The van der Waals surface area contributed by atoms with Crippen LogP contribution in [0, 0.1) is 12.0 Å². The minimum atomic E-state index is 0.946. The standard InChI is InChI=1S/C10H13N2S/c1-4-12-5-2-8(1)7-10(12)9-3-6-13-11-9/h3,6,8H,1-2,4-5,7H2. The molecule has 4 rings (SSSR count). The predicted molar refractivity (Wildman–Crippen MR) is 53.4 cm³/mol. The second-order valence-electron chi connectivity index (χ2n) is 3.97. The quantitative estimate of drug-likeness (QED) is 0.679. The number of hydrogen-bond acceptors (Lipinski definition) is 3. The Balaban J connectivity index is 1.85. The molecule has 1 radical (unpaired) electrons. The van der Waals surface area contributed by atoms with E-state index in [1.807, 2.05) is 0 Å². The molecule has 0 unspecified atom stereocenters. The lowest BCUT2D eigenvalue weighted by molar-refractivity contribution is 0.125. The fourth-order valence-electron chi connectivity index (χ4n) is 2.44. The van der Waals surface area contributed by atoms with Gasteiger partial charge in [-0.05, 0) is 55.9 Å². The summed E-state index contributed by atoms with van der Waals surface area (Å²) in [7, 11) is 0. The normalized spacial score (nSPS) is 33.8. The third-order valence-corrected chi connectivity index (χ3v) is 3.77. The molecule has 2 bridgehead atoms. The van der Waals surface area contributed by atoms with Crippen LogP contribution in [0.3, 0.4) is 0 Å². The van der Waals surface area contributed by atoms with Crippen molar-refractivity contribution in [3.63, 3.8) is 0 Å². The maximum absolute atomic E-state index is 4.42. The van der Waals surface area contributed by atoms with Crippen molar-refractivity contribution in [2.45, 2.75) is 19.3 Å². The zero-order valence-electron chi connectivity index (χ0n) is 7.57. The van der Waals surface area contributed by atoms with E-state index in [2.05, 4.69) is 20.7 Å². The highest BCUT2D eigenvalue weighted by Crippen LogP contribution is 2.39. The molecule has 3 aliphatic rings. The molecule has 3 heteroatoms. The van der Waals surface area contributed by atoms with Gasteiger partial charge in [0.05, 0.1) is 11.7 Å². The van der Waals surface area contributed by atoms with Crippen molar-refractivity contribution < 1.29 is 0 Å². The summed E-state index contributed by atoms with van der Waals surface area (Å²) in [5.74, 6) is 0.946. The minimum absolute atomic E-state index is 0.946. The minimum Gasteiger partial charge on any atom is -0.290 e. The van der Waals surface area contributed by atoms with E-state index in [9.17, 15) is 0 Å². The molecule has 3 aliphatic heterocycles. The molecule has 0 aliphatic carbocycles. The van der Waals surface area contributed by atoms with Crippen molar-refractivity contribution in [1.82, 2.24) is 9.27 Å². The first-order valence-electron chi connectivity index (χ1n) is 4.95. The average molecular weight is 193 g/mol. The molecule has 0 atom stereocenters. The summed E-state index contributed by atoms with van der Waals surface area (Å²) in [5, 5.41) is 2.08. The molecule has 2 nitrogen and oxygen atoms in total. The van der Waals surface area contributed by atoms with E-state index in [4.69, 9.17) is 0 Å². The second-order valence-corrected chi connectivity index (χ2v) is 4.63. The van der Waals surface area contributed by atoms with Crippen LogP contribution < -0.4 is 0 Å². The summed E-state index contributed by atoms with van der Waals surface area (Å²) < 4.78 is 4.42. The van der Waals surface area contributed by atoms with Gasteiger partial charge in [0.2, 0.25) is 0 Å². The maximum Gasteiger partial charge on any atom is 0.0891 e. The molecule has 0 amide bonds. The smallest absolute Gasteiger partial charge is 0.0891 e. The molecule has 1 aromatic rings. The van der Waals surface area contributed by atoms with Gasteiger partial charge in [-0.15, -0.1) is 0 Å². The van der Waals surface area contributed by atoms with Crippen molar-refractivity contribution in [2.75, 3.05) is 13.1 Å². The molecule has 3 fully saturated rings. The molecule has 4 heterocycles. The van der Waals surface area contributed by atoms with Gasteiger partial charge in [0.25, 0.3) is 0 Å². The van der Waals surface area contributed by atoms with Gasteiger partial charge in [-0.1, -0.05) is 0 Å². The Morgan fingerprint density at radius 2 is 2.23 bits per heavy atom. The molecule has 0 N–H and O–H groups in total. The highest BCUT2D eigenvalue weighted by atomic mass is 32.1. The summed E-state index contributed by atoms with van der Waals surface area (Å²) in [5.41, 5.74) is 1.23. The lowest BCUT2D eigenvalue weighted by Crippen LogP contribution is -2.44. The molecular formula is C10H13N2S. The van der Waals surface area contributed by atoms with Gasteiger partial charge < -0.3 is 0 Å². The molecule has 1 aromatic heterocycles. The van der Waals surface area contributed by atoms with Crippen molar-refractivity contribution in [3.05, 3.63) is 23.2 Å². The number of hydrogen-bond donors (Lipinski definition) is 0. The lowest BCUT2D eigenvalue weighted by Gasteiger charge is -2.44. The Labute approximate surface area is 82.7 Å². The summed E-state index contributed by atoms with van der Waals surface area (Å²) in [6.07, 6.45) is 4.06. The van der Waals surface area contributed by atoms with Crippen LogP contribution in [0.4, 0.5) is 0 Å². The molecule has 13 heavy (non-hydrogen) atoms. The van der Waals surface area contributed by atoms with Gasteiger partial charge in [-0.2, -0.15) is 4.37 Å². The van der Waals surface area contributed by atoms with Crippen LogP contribution in [-0.2, 0) is 0 Å². The first-order valence-corrected chi connectivity index (χ1v) is 5.78. The van der Waals surface area contributed by atoms with Crippen LogP contribution in [0.1, 0.15) is 25.0 Å². The van der Waals surface area contributed by atoms with E-state index >= 15 is 0 Å². The molecular weight excluding hydrogens is 180 g/mol. The lowest BCUT2D eigenvalue weighted by atomic mass is 9.82. The van der Waals surface area contributed by atoms with Crippen LogP contribution in [0.25, 0.3) is 0 Å². The van der Waals surface area contributed by atoms with Crippen molar-refractivity contribution in [2.24, 2.45) is 5.92 Å². The van der Waals surface area contributed by atoms with Gasteiger partial charge in [0, 0.05) is 5.38 Å². The number of rotatable bonds is 1. The van der Waals surface area contributed by atoms with E-state index in [0.717, 1.165) is 5.92 Å². The van der Waals surface area contributed by atoms with E-state index in [1.54, 1.807) is 11.5 Å². The second kappa shape index (κ2) is 3.07. The Morgan fingerprint density at radius 3 is 2.77 bits per heavy atom. The Bertz CT molecular complexity index is 275. The Kier molecular flexibility index (Phi) is 1.87. The van der Waals surface area contributed by atoms with Gasteiger partial charge >= 0.3 is 0 Å². The Morgan fingerprint density at radius 1 is 1.38 bits per heavy atom. The molecule has 3 saturated heterocycles. The zero-order valence-corrected chi connectivity index (χ0v) is 8.39. The molecule has 0 saturated carbocycles. The van der Waals surface area contributed by atoms with Crippen molar-refractivity contribution in [1.29, 1.82) is 0 Å². The van der Waals surface area contributed by atoms with E-state index < -0.39 is 0 Å². The van der Waals surface area contributed by atoms with Crippen LogP contribution >= 0.6 is 11.5 Å². The summed E-state index contributed by atoms with van der Waals surface area (Å²) in [6.45, 7) is 2.52. The third kappa shape index (κ3) is 1.30. The van der Waals surface area contributed by atoms with Gasteiger partial charge in [0.15, 0.2) is 0 Å². The topological polar surface area (TPSA) is 16.1 Å². The largest absolute Gasteiger partial charge is 0.290 e. The highest BCUT2D eigenvalue weighted by molar-refractivity contribution is 7.03. The Hall–Kier alpha value is -0.410. The van der Waals surface area contributed by atoms with Crippen LogP contribution in [0.5, 0.6) is 0 Å². The van der Waals surface area contributed by atoms with E-state index in [-0.39, 0.29) is 0 Å². The number of fused-ring (bicyclic) bond motifs is 3. The van der Waals surface area contributed by atoms with Crippen molar-refractivity contribution >= 4 is 11.5 Å². The molecule has 0 aromatic carbocycles. The molecule has 0 spiro atoms. The van der Waals surface area contributed by atoms with Gasteiger partial charge in [0.1, 0.15) is 0 Å². The maximum atomic E-state index is 4.42. The first kappa shape index (κ1) is 7.94. The van der Waals surface area contributed by atoms with Crippen molar-refractivity contribution in [3.8, 4) is 0 Å². The molecule has 69 valence electrons. The average Bonchev–Trinajstić information content (AvgIpc) is 2.72. The summed E-state index contributed by atoms with van der Waals surface area (Å²) in [6, 6.07) is 3.66. The fraction of sp³-hybridized carbons (Fsp3) is 0.600. The third-order valence-electron chi connectivity index (χ3n) is 3.21. The number of aromatic nitrogens is 1. The van der Waals surface area contributed by atoms with Crippen LogP contribution in [0.15, 0.2) is 11.4 Å². The first-order chi connectivity index (χ1) is 6.43. The van der Waals surface area contributed by atoms with Crippen LogP contribution in [0.2, 0.25) is 0 Å². The number of piperidine rings is 3. The number of nitrogens with zero attached hydrogens (tertiary/aromatic N) is 2. The summed E-state index contributed by atoms with van der Waals surface area (Å²) >= 11 is 1.56. The monoisotopic (exact) mass is 193 g/mol. The van der Waals surface area contributed by atoms with Crippen LogP contribution in [-0.4, -0.2) is 22.4 Å². The highest BCUT2D eigenvalue weighted by Gasteiger charge is 2.35. The SMILES string of the molecule is c1cc([C]2CC3CCN2CC3)ns1. The van der Waals surface area contributed by atoms with Gasteiger partial charge in [-0.25, -0.2) is 0 Å². The summed E-state index contributed by atoms with van der Waals surface area (Å²) in [4.78, 5) is 2.52. The zero-order chi connectivity index (χ0) is 8.67. The predicted octanol–water partition coefficient (Wildman–Crippen LogP) is 2.14.